The smallest absolute Gasteiger partial charge is 0.100 e. The quantitative estimate of drug-likeness (QED) is 0.718. The number of hydrogen-bond acceptors (Lipinski definition) is 4. The highest BCUT2D eigenvalue weighted by atomic mass is 32.1. The van der Waals surface area contributed by atoms with Gasteiger partial charge in [-0.3, -0.25) is 0 Å². The number of hydrogen-bond donors (Lipinski definition) is 1. The topological polar surface area (TPSA) is 30.5 Å². The molecule has 1 fully saturated rings. The van der Waals surface area contributed by atoms with Gasteiger partial charge in [0.25, 0.3) is 0 Å². The Morgan fingerprint density at radius 2 is 2.07 bits per heavy atom. The third kappa shape index (κ3) is 1.61. The minimum Gasteiger partial charge on any atom is -0.377 e. The van der Waals surface area contributed by atoms with Crippen molar-refractivity contribution in [1.82, 2.24) is 5.32 Å². The summed E-state index contributed by atoms with van der Waals surface area (Å²) in [5.41, 5.74) is 1.39. The largest absolute Gasteiger partial charge is 0.377 e. The van der Waals surface area contributed by atoms with Crippen molar-refractivity contribution in [3.8, 4) is 0 Å². The highest BCUT2D eigenvalue weighted by Gasteiger charge is 2.39. The molecule has 0 unspecified atom stereocenters. The van der Waals surface area contributed by atoms with Gasteiger partial charge in [-0.1, -0.05) is 0 Å². The molecule has 0 amide bonds. The van der Waals surface area contributed by atoms with E-state index >= 15 is 0 Å². The van der Waals surface area contributed by atoms with E-state index in [1.54, 1.807) is 0 Å². The monoisotopic (exact) mass is 225 g/mol. The summed E-state index contributed by atoms with van der Waals surface area (Å²) in [7, 11) is 0. The fraction of sp³-hybridized carbons (Fsp3) is 0.636. The molecule has 1 spiro atoms. The maximum absolute atomic E-state index is 5.63. The van der Waals surface area contributed by atoms with E-state index in [-0.39, 0.29) is 5.54 Å². The number of rotatable bonds is 0. The van der Waals surface area contributed by atoms with Crippen LogP contribution in [0.5, 0.6) is 0 Å². The number of fused-ring (bicyclic) bond motifs is 2. The van der Waals surface area contributed by atoms with E-state index in [9.17, 15) is 0 Å². The van der Waals surface area contributed by atoms with Gasteiger partial charge in [0.1, 0.15) is 5.54 Å². The Morgan fingerprint density at radius 3 is 2.87 bits per heavy atom. The lowest BCUT2D eigenvalue weighted by molar-refractivity contribution is 0.0829. The summed E-state index contributed by atoms with van der Waals surface area (Å²) in [5.74, 6) is 0. The molecule has 2 aliphatic heterocycles. The predicted molar refractivity (Wildman–Crippen MR) is 59.3 cm³/mol. The lowest BCUT2D eigenvalue weighted by Crippen LogP contribution is -2.52. The van der Waals surface area contributed by atoms with Crippen molar-refractivity contribution in [2.45, 2.75) is 12.0 Å². The van der Waals surface area contributed by atoms with Crippen molar-refractivity contribution in [3.05, 3.63) is 21.9 Å². The Hall–Kier alpha value is -0.420. The fourth-order valence-corrected chi connectivity index (χ4v) is 3.46. The first-order valence-electron chi connectivity index (χ1n) is 5.38. The molecule has 1 aromatic heterocycles. The second-order valence-corrected chi connectivity index (χ2v) is 5.06. The van der Waals surface area contributed by atoms with Crippen molar-refractivity contribution in [3.63, 3.8) is 0 Å². The number of ether oxygens (including phenoxy) is 2. The Balaban J connectivity index is 1.98. The molecule has 3 heterocycles. The summed E-state index contributed by atoms with van der Waals surface area (Å²) in [4.78, 5) is 1.41. The van der Waals surface area contributed by atoms with Crippen LogP contribution < -0.4 is 5.32 Å². The van der Waals surface area contributed by atoms with Crippen LogP contribution in [0.25, 0.3) is 0 Å². The van der Waals surface area contributed by atoms with Crippen molar-refractivity contribution >= 4 is 11.3 Å². The molecule has 3 rings (SSSR count). The highest BCUT2D eigenvalue weighted by Crippen LogP contribution is 2.34. The molecular formula is C11H15NO2S. The van der Waals surface area contributed by atoms with Gasteiger partial charge >= 0.3 is 0 Å². The number of nitrogens with one attached hydrogen (secondary N) is 1. The lowest BCUT2D eigenvalue weighted by Gasteiger charge is -2.36. The zero-order valence-corrected chi connectivity index (χ0v) is 9.44. The molecule has 1 N–H and O–H groups in total. The summed E-state index contributed by atoms with van der Waals surface area (Å²) >= 11 is 1.82. The van der Waals surface area contributed by atoms with E-state index in [0.717, 1.165) is 26.2 Å². The Kier molecular flexibility index (Phi) is 2.52. The third-order valence-corrected chi connectivity index (χ3v) is 4.27. The van der Waals surface area contributed by atoms with Gasteiger partial charge in [0.2, 0.25) is 0 Å². The van der Waals surface area contributed by atoms with Gasteiger partial charge in [0.05, 0.1) is 26.4 Å². The molecule has 82 valence electrons. The van der Waals surface area contributed by atoms with E-state index in [1.807, 2.05) is 11.3 Å². The molecule has 1 aromatic rings. The Labute approximate surface area is 93.4 Å². The summed E-state index contributed by atoms with van der Waals surface area (Å²) in [5, 5.41) is 5.75. The van der Waals surface area contributed by atoms with E-state index < -0.39 is 0 Å². The maximum atomic E-state index is 5.63. The third-order valence-electron chi connectivity index (χ3n) is 3.11. The standard InChI is InChI=1S/C11H15NO2S/c1-3-12-11(7-13-4-5-14-8-11)10-9(1)2-6-15-10/h2,6,12H,1,3-5,7-8H2. The second-order valence-electron chi connectivity index (χ2n) is 4.14. The van der Waals surface area contributed by atoms with E-state index in [4.69, 9.17) is 9.47 Å². The Morgan fingerprint density at radius 1 is 1.27 bits per heavy atom. The Bertz CT molecular complexity index is 342. The van der Waals surface area contributed by atoms with Crippen LogP contribution in [-0.4, -0.2) is 33.0 Å². The van der Waals surface area contributed by atoms with Gasteiger partial charge < -0.3 is 14.8 Å². The SMILES string of the molecule is c1cc2c(s1)C1(COCCOC1)NCC2. The second kappa shape index (κ2) is 3.87. The van der Waals surface area contributed by atoms with Gasteiger partial charge in [-0.05, 0) is 23.4 Å². The van der Waals surface area contributed by atoms with Gasteiger partial charge in [-0.15, -0.1) is 11.3 Å². The van der Waals surface area contributed by atoms with Crippen LogP contribution in [0, 0.1) is 0 Å². The van der Waals surface area contributed by atoms with Crippen LogP contribution in [0.1, 0.15) is 10.4 Å². The molecule has 0 bridgehead atoms. The summed E-state index contributed by atoms with van der Waals surface area (Å²) in [6.07, 6.45) is 1.13. The average molecular weight is 225 g/mol. The molecule has 0 aliphatic carbocycles. The molecule has 2 aliphatic rings. The van der Waals surface area contributed by atoms with E-state index in [2.05, 4.69) is 16.8 Å². The first-order chi connectivity index (χ1) is 7.41. The molecular weight excluding hydrogens is 210 g/mol. The van der Waals surface area contributed by atoms with Gasteiger partial charge in [-0.25, -0.2) is 0 Å². The fourth-order valence-electron chi connectivity index (χ4n) is 2.35. The maximum Gasteiger partial charge on any atom is 0.100 e. The molecule has 4 heteroatoms. The predicted octanol–water partition coefficient (Wildman–Crippen LogP) is 1.14. The summed E-state index contributed by atoms with van der Waals surface area (Å²) in [6.45, 7) is 3.92. The van der Waals surface area contributed by atoms with Gasteiger partial charge in [-0.2, -0.15) is 0 Å². The van der Waals surface area contributed by atoms with Gasteiger partial charge in [0.15, 0.2) is 0 Å². The average Bonchev–Trinajstić information content (AvgIpc) is 2.62. The molecule has 0 aromatic carbocycles. The van der Waals surface area contributed by atoms with Crippen molar-refractivity contribution in [1.29, 1.82) is 0 Å². The van der Waals surface area contributed by atoms with Gasteiger partial charge in [0, 0.05) is 11.4 Å². The van der Waals surface area contributed by atoms with Crippen molar-refractivity contribution in [2.75, 3.05) is 33.0 Å². The van der Waals surface area contributed by atoms with Crippen LogP contribution in [0.15, 0.2) is 11.4 Å². The summed E-state index contributed by atoms with van der Waals surface area (Å²) in [6, 6.07) is 2.23. The zero-order valence-electron chi connectivity index (χ0n) is 8.62. The van der Waals surface area contributed by atoms with Crippen LogP contribution in [0.4, 0.5) is 0 Å². The van der Waals surface area contributed by atoms with E-state index in [1.165, 1.54) is 10.4 Å². The van der Waals surface area contributed by atoms with E-state index in [0.29, 0.717) is 13.2 Å². The first kappa shape index (κ1) is 9.78. The highest BCUT2D eigenvalue weighted by molar-refractivity contribution is 7.10. The minimum atomic E-state index is -0.0712. The summed E-state index contributed by atoms with van der Waals surface area (Å²) < 4.78 is 11.3. The lowest BCUT2D eigenvalue weighted by atomic mass is 9.91. The molecule has 0 radical (unpaired) electrons. The molecule has 0 atom stereocenters. The zero-order chi connectivity index (χ0) is 10.1. The minimum absolute atomic E-state index is 0.0712. The molecule has 15 heavy (non-hydrogen) atoms. The molecule has 3 nitrogen and oxygen atoms in total. The van der Waals surface area contributed by atoms with Crippen LogP contribution >= 0.6 is 11.3 Å². The number of thiophene rings is 1. The molecule has 0 saturated carbocycles. The van der Waals surface area contributed by atoms with Crippen molar-refractivity contribution in [2.24, 2.45) is 0 Å². The first-order valence-corrected chi connectivity index (χ1v) is 6.26. The van der Waals surface area contributed by atoms with Crippen molar-refractivity contribution < 1.29 is 9.47 Å². The van der Waals surface area contributed by atoms with Crippen LogP contribution in [-0.2, 0) is 21.4 Å². The normalized spacial score (nSPS) is 24.8. The van der Waals surface area contributed by atoms with Crippen LogP contribution in [0.3, 0.4) is 0 Å². The molecule has 1 saturated heterocycles. The van der Waals surface area contributed by atoms with Crippen LogP contribution in [0.2, 0.25) is 0 Å².